The number of aromatic nitrogens is 4. The highest BCUT2D eigenvalue weighted by Gasteiger charge is 2.24. The van der Waals surface area contributed by atoms with Gasteiger partial charge in [-0.3, -0.25) is 14.4 Å². The second-order valence-electron chi connectivity index (χ2n) is 8.65. The van der Waals surface area contributed by atoms with Crippen LogP contribution in [0.2, 0.25) is 0 Å². The number of nitrogens with zero attached hydrogens (tertiary/aromatic N) is 5. The zero-order valence-electron chi connectivity index (χ0n) is 19.3. The van der Waals surface area contributed by atoms with Crippen molar-refractivity contribution in [2.75, 3.05) is 49.6 Å². The van der Waals surface area contributed by atoms with Gasteiger partial charge >= 0.3 is 0 Å². The molecule has 1 saturated heterocycles. The minimum absolute atomic E-state index is 0.0239. The van der Waals surface area contributed by atoms with Gasteiger partial charge in [-0.05, 0) is 24.5 Å². The van der Waals surface area contributed by atoms with Gasteiger partial charge in [0.1, 0.15) is 5.82 Å². The summed E-state index contributed by atoms with van der Waals surface area (Å²) < 4.78 is 5.71. The quantitative estimate of drug-likeness (QED) is 0.480. The van der Waals surface area contributed by atoms with Gasteiger partial charge in [0.25, 0.3) is 5.56 Å². The predicted molar refractivity (Wildman–Crippen MR) is 129 cm³/mol. The topological polar surface area (TPSA) is 133 Å². The number of rotatable bonds is 7. The number of piperazine rings is 1. The number of benzene rings is 1. The maximum Gasteiger partial charge on any atom is 0.272 e. The summed E-state index contributed by atoms with van der Waals surface area (Å²) in [4.78, 5) is 49.0. The van der Waals surface area contributed by atoms with Gasteiger partial charge in [-0.1, -0.05) is 12.1 Å². The Morgan fingerprint density at radius 1 is 1.03 bits per heavy atom. The van der Waals surface area contributed by atoms with E-state index >= 15 is 0 Å². The number of hydrogen-bond acceptors (Lipinski definition) is 8. The molecule has 2 aromatic heterocycles. The highest BCUT2D eigenvalue weighted by atomic mass is 16.5. The Balaban J connectivity index is 1.06. The standard InChI is InChI=1S/C24H27N7O4/c32-20-5-4-17-14-25-24(28-22(17)27-20)31-10-8-30(9-11-31)21(33)7-13-35-12-6-16-2-1-3-18-19(16)15-26-29-23(18)34/h1-3,14-15H,4-13H2,(H,29,34)(H,25,27,28,32). The fraction of sp³-hybridized carbons (Fsp3) is 0.417. The van der Waals surface area contributed by atoms with Gasteiger partial charge in [-0.15, -0.1) is 0 Å². The molecule has 182 valence electrons. The largest absolute Gasteiger partial charge is 0.381 e. The normalized spacial score (nSPS) is 15.7. The van der Waals surface area contributed by atoms with Crippen LogP contribution >= 0.6 is 0 Å². The van der Waals surface area contributed by atoms with Crippen molar-refractivity contribution in [1.82, 2.24) is 25.1 Å². The molecule has 35 heavy (non-hydrogen) atoms. The van der Waals surface area contributed by atoms with Gasteiger partial charge in [0.05, 0.1) is 31.2 Å². The third kappa shape index (κ3) is 5.14. The Labute approximate surface area is 201 Å². The summed E-state index contributed by atoms with van der Waals surface area (Å²) in [5, 5.41) is 10.6. The molecule has 2 N–H and O–H groups in total. The second kappa shape index (κ2) is 10.2. The molecule has 2 aliphatic heterocycles. The first-order valence-corrected chi connectivity index (χ1v) is 11.8. The molecule has 0 atom stereocenters. The average molecular weight is 478 g/mol. The summed E-state index contributed by atoms with van der Waals surface area (Å²) in [6.07, 6.45) is 5.50. The van der Waals surface area contributed by atoms with E-state index in [0.29, 0.717) is 82.2 Å². The number of H-pyrrole nitrogens is 1. The number of fused-ring (bicyclic) bond motifs is 2. The first kappa shape index (κ1) is 22.9. The lowest BCUT2D eigenvalue weighted by atomic mass is 10.1. The van der Waals surface area contributed by atoms with Crippen molar-refractivity contribution in [3.05, 3.63) is 52.1 Å². The summed E-state index contributed by atoms with van der Waals surface area (Å²) in [6, 6.07) is 5.58. The summed E-state index contributed by atoms with van der Waals surface area (Å²) in [5.74, 6) is 1.20. The Hall–Kier alpha value is -3.86. The number of amides is 2. The van der Waals surface area contributed by atoms with Crippen LogP contribution in [0.25, 0.3) is 10.8 Å². The van der Waals surface area contributed by atoms with E-state index in [-0.39, 0.29) is 17.4 Å². The number of anilines is 2. The van der Waals surface area contributed by atoms with Crippen molar-refractivity contribution in [2.24, 2.45) is 0 Å². The molecule has 0 unspecified atom stereocenters. The van der Waals surface area contributed by atoms with E-state index in [4.69, 9.17) is 4.74 Å². The Morgan fingerprint density at radius 3 is 2.74 bits per heavy atom. The number of nitrogens with one attached hydrogen (secondary N) is 2. The monoisotopic (exact) mass is 477 g/mol. The van der Waals surface area contributed by atoms with E-state index in [9.17, 15) is 14.4 Å². The first-order chi connectivity index (χ1) is 17.1. The number of hydrogen-bond donors (Lipinski definition) is 2. The smallest absolute Gasteiger partial charge is 0.272 e. The summed E-state index contributed by atoms with van der Waals surface area (Å²) in [7, 11) is 0. The third-order valence-corrected chi connectivity index (χ3v) is 6.42. The summed E-state index contributed by atoms with van der Waals surface area (Å²) in [6.45, 7) is 3.24. The van der Waals surface area contributed by atoms with Crippen molar-refractivity contribution in [1.29, 1.82) is 0 Å². The molecule has 11 nitrogen and oxygen atoms in total. The molecule has 0 aliphatic carbocycles. The van der Waals surface area contributed by atoms with E-state index in [1.54, 1.807) is 18.5 Å². The maximum atomic E-state index is 12.6. The van der Waals surface area contributed by atoms with Gasteiger partial charge in [-0.2, -0.15) is 10.1 Å². The van der Waals surface area contributed by atoms with Crippen LogP contribution in [0.3, 0.4) is 0 Å². The molecule has 5 rings (SSSR count). The van der Waals surface area contributed by atoms with Gasteiger partial charge in [0, 0.05) is 49.7 Å². The highest BCUT2D eigenvalue weighted by molar-refractivity contribution is 5.92. The van der Waals surface area contributed by atoms with E-state index < -0.39 is 0 Å². The zero-order chi connectivity index (χ0) is 24.2. The lowest BCUT2D eigenvalue weighted by Crippen LogP contribution is -2.49. The van der Waals surface area contributed by atoms with Crippen LogP contribution in [-0.2, 0) is 27.2 Å². The first-order valence-electron chi connectivity index (χ1n) is 11.8. The number of carbonyl (C=O) groups excluding carboxylic acids is 2. The molecule has 0 radical (unpaired) electrons. The van der Waals surface area contributed by atoms with Gasteiger partial charge in [0.2, 0.25) is 17.8 Å². The SMILES string of the molecule is O=C1CCc2cnc(N3CCN(C(=O)CCOCCc4cccc5c(=O)[nH]ncc45)CC3)nc2N1. The Bertz CT molecular complexity index is 1300. The number of aryl methyl sites for hydroxylation is 1. The van der Waals surface area contributed by atoms with Crippen molar-refractivity contribution in [2.45, 2.75) is 25.7 Å². The summed E-state index contributed by atoms with van der Waals surface area (Å²) in [5.41, 5.74) is 1.74. The summed E-state index contributed by atoms with van der Waals surface area (Å²) >= 11 is 0. The number of ether oxygens (including phenoxy) is 1. The van der Waals surface area contributed by atoms with Crippen LogP contribution in [0.5, 0.6) is 0 Å². The molecule has 0 saturated carbocycles. The minimum Gasteiger partial charge on any atom is -0.381 e. The van der Waals surface area contributed by atoms with Crippen LogP contribution in [0, 0.1) is 0 Å². The minimum atomic E-state index is -0.207. The number of aromatic amines is 1. The van der Waals surface area contributed by atoms with Crippen LogP contribution < -0.4 is 15.8 Å². The third-order valence-electron chi connectivity index (χ3n) is 6.42. The lowest BCUT2D eigenvalue weighted by Gasteiger charge is -2.35. The van der Waals surface area contributed by atoms with Crippen molar-refractivity contribution in [3.8, 4) is 0 Å². The van der Waals surface area contributed by atoms with E-state index in [2.05, 4.69) is 25.5 Å². The Kier molecular flexibility index (Phi) is 6.66. The molecule has 3 aromatic rings. The second-order valence-corrected chi connectivity index (χ2v) is 8.65. The van der Waals surface area contributed by atoms with Crippen molar-refractivity contribution >= 4 is 34.4 Å². The van der Waals surface area contributed by atoms with Gasteiger partial charge in [-0.25, -0.2) is 10.1 Å². The molecule has 2 amide bonds. The van der Waals surface area contributed by atoms with Gasteiger partial charge in [0.15, 0.2) is 0 Å². The van der Waals surface area contributed by atoms with Gasteiger partial charge < -0.3 is 19.9 Å². The van der Waals surface area contributed by atoms with Crippen molar-refractivity contribution in [3.63, 3.8) is 0 Å². The molecule has 1 aromatic carbocycles. The molecule has 0 spiro atoms. The number of carbonyl (C=O) groups is 2. The predicted octanol–water partition coefficient (Wildman–Crippen LogP) is 0.896. The van der Waals surface area contributed by atoms with Crippen LogP contribution in [-0.4, -0.2) is 76.3 Å². The molecular weight excluding hydrogens is 450 g/mol. The van der Waals surface area contributed by atoms with Crippen LogP contribution in [0.1, 0.15) is 24.0 Å². The Morgan fingerprint density at radius 2 is 1.89 bits per heavy atom. The van der Waals surface area contributed by atoms with Crippen LogP contribution in [0.4, 0.5) is 11.8 Å². The molecule has 11 heteroatoms. The van der Waals surface area contributed by atoms with E-state index in [1.807, 2.05) is 21.9 Å². The molecule has 4 heterocycles. The fourth-order valence-electron chi connectivity index (χ4n) is 4.44. The molecule has 1 fully saturated rings. The van der Waals surface area contributed by atoms with Crippen molar-refractivity contribution < 1.29 is 14.3 Å². The van der Waals surface area contributed by atoms with E-state index in [0.717, 1.165) is 16.5 Å². The molecular formula is C24H27N7O4. The van der Waals surface area contributed by atoms with Crippen LogP contribution in [0.15, 0.2) is 35.4 Å². The molecule has 2 aliphatic rings. The van der Waals surface area contributed by atoms with E-state index in [1.165, 1.54) is 0 Å². The maximum absolute atomic E-state index is 12.6. The molecule has 0 bridgehead atoms. The average Bonchev–Trinajstić information content (AvgIpc) is 2.88. The highest BCUT2D eigenvalue weighted by Crippen LogP contribution is 2.22. The lowest BCUT2D eigenvalue weighted by molar-refractivity contribution is -0.132. The fourth-order valence-corrected chi connectivity index (χ4v) is 4.44. The zero-order valence-corrected chi connectivity index (χ0v) is 19.3.